The molecule has 1 unspecified atom stereocenters. The van der Waals surface area contributed by atoms with Crippen molar-refractivity contribution in [2.75, 3.05) is 5.75 Å². The summed E-state index contributed by atoms with van der Waals surface area (Å²) in [6, 6.07) is 13.6. The number of hydrogen-bond acceptors (Lipinski definition) is 6. The zero-order valence-electron chi connectivity index (χ0n) is 16.9. The molecule has 2 aliphatic rings. The van der Waals surface area contributed by atoms with Crippen LogP contribution < -0.4 is 9.88 Å². The van der Waals surface area contributed by atoms with Crippen LogP contribution >= 0.6 is 11.3 Å². The molecule has 6 nitrogen and oxygen atoms in total. The Bertz CT molecular complexity index is 1180. The lowest BCUT2D eigenvalue weighted by atomic mass is 9.92. The van der Waals surface area contributed by atoms with Crippen molar-refractivity contribution in [2.24, 2.45) is 11.1 Å². The molecule has 0 radical (unpaired) electrons. The fourth-order valence-electron chi connectivity index (χ4n) is 5.02. The highest BCUT2D eigenvalue weighted by molar-refractivity contribution is 7.89. The van der Waals surface area contributed by atoms with E-state index >= 15 is 0 Å². The lowest BCUT2D eigenvalue weighted by molar-refractivity contribution is 0.103. The number of nitrogens with two attached hydrogens (primary N) is 1. The third-order valence-electron chi connectivity index (χ3n) is 6.29. The molecule has 1 aromatic heterocycles. The van der Waals surface area contributed by atoms with E-state index < -0.39 is 10.0 Å². The lowest BCUT2D eigenvalue weighted by Gasteiger charge is -2.38. The molecule has 0 spiro atoms. The maximum atomic E-state index is 13.8. The molecule has 2 saturated heterocycles. The Morgan fingerprint density at radius 3 is 2.48 bits per heavy atom. The second kappa shape index (κ2) is 8.12. The van der Waals surface area contributed by atoms with E-state index in [-0.39, 0.29) is 17.5 Å². The number of halogens is 1. The van der Waals surface area contributed by atoms with E-state index in [4.69, 9.17) is 9.88 Å². The summed E-state index contributed by atoms with van der Waals surface area (Å²) in [5, 5.41) is 5.68. The SMILES string of the molecule is NS(=O)(=O)CC1C[C@H]2CC[C@@H](C1)N2Cc1ccc(Oc2nc3c(F)cccc3s2)cc1. The van der Waals surface area contributed by atoms with Crippen LogP contribution in [0.15, 0.2) is 42.5 Å². The van der Waals surface area contributed by atoms with Gasteiger partial charge in [0.1, 0.15) is 17.1 Å². The van der Waals surface area contributed by atoms with Crippen molar-refractivity contribution in [3.05, 3.63) is 53.8 Å². The van der Waals surface area contributed by atoms with Gasteiger partial charge in [-0.2, -0.15) is 4.98 Å². The number of nitrogens with zero attached hydrogens (tertiary/aromatic N) is 2. The number of fused-ring (bicyclic) bond motifs is 3. The molecule has 3 aromatic rings. The van der Waals surface area contributed by atoms with Crippen molar-refractivity contribution in [3.8, 4) is 10.9 Å². The van der Waals surface area contributed by atoms with Gasteiger partial charge >= 0.3 is 0 Å². The molecule has 2 fully saturated rings. The van der Waals surface area contributed by atoms with Crippen LogP contribution in [0.2, 0.25) is 0 Å². The highest BCUT2D eigenvalue weighted by Gasteiger charge is 2.41. The van der Waals surface area contributed by atoms with Crippen molar-refractivity contribution in [2.45, 2.75) is 44.3 Å². The van der Waals surface area contributed by atoms with Gasteiger partial charge in [-0.1, -0.05) is 29.5 Å². The molecule has 31 heavy (non-hydrogen) atoms. The molecule has 9 heteroatoms. The fourth-order valence-corrected chi connectivity index (χ4v) is 6.80. The first-order valence-electron chi connectivity index (χ1n) is 10.4. The molecular formula is C22H24FN3O3S2. The second-order valence-electron chi connectivity index (χ2n) is 8.54. The van der Waals surface area contributed by atoms with Gasteiger partial charge in [0, 0.05) is 18.6 Å². The zero-order chi connectivity index (χ0) is 21.6. The van der Waals surface area contributed by atoms with Crippen molar-refractivity contribution in [1.29, 1.82) is 0 Å². The van der Waals surface area contributed by atoms with Crippen LogP contribution in [0.5, 0.6) is 10.9 Å². The number of aromatic nitrogens is 1. The monoisotopic (exact) mass is 461 g/mol. The Morgan fingerprint density at radius 2 is 1.84 bits per heavy atom. The van der Waals surface area contributed by atoms with E-state index in [9.17, 15) is 12.8 Å². The Labute approximate surface area is 184 Å². The van der Waals surface area contributed by atoms with E-state index in [1.54, 1.807) is 6.07 Å². The first-order chi connectivity index (χ1) is 14.8. The molecule has 0 saturated carbocycles. The summed E-state index contributed by atoms with van der Waals surface area (Å²) in [4.78, 5) is 6.75. The third kappa shape index (κ3) is 4.59. The summed E-state index contributed by atoms with van der Waals surface area (Å²) in [7, 11) is -3.42. The van der Waals surface area contributed by atoms with Crippen molar-refractivity contribution in [3.63, 3.8) is 0 Å². The first kappa shape index (κ1) is 20.8. The predicted octanol–water partition coefficient (Wildman–Crippen LogP) is 4.26. The van der Waals surface area contributed by atoms with E-state index in [1.165, 1.54) is 23.0 Å². The van der Waals surface area contributed by atoms with Gasteiger partial charge in [0.15, 0.2) is 0 Å². The normalized spacial score (nSPS) is 24.0. The summed E-state index contributed by atoms with van der Waals surface area (Å²) in [5.74, 6) is 0.577. The predicted molar refractivity (Wildman–Crippen MR) is 119 cm³/mol. The van der Waals surface area contributed by atoms with Crippen LogP contribution in [0.25, 0.3) is 10.2 Å². The number of thiazole rings is 1. The molecule has 0 aliphatic carbocycles. The van der Waals surface area contributed by atoms with E-state index in [0.29, 0.717) is 28.5 Å². The van der Waals surface area contributed by atoms with Crippen molar-refractivity contribution >= 4 is 31.6 Å². The zero-order valence-corrected chi connectivity index (χ0v) is 18.5. The molecule has 3 heterocycles. The summed E-state index contributed by atoms with van der Waals surface area (Å²) in [6.07, 6.45) is 4.01. The number of piperidine rings is 1. The Morgan fingerprint density at radius 1 is 1.13 bits per heavy atom. The van der Waals surface area contributed by atoms with Crippen LogP contribution in [0.1, 0.15) is 31.2 Å². The van der Waals surface area contributed by atoms with Crippen LogP contribution in [-0.4, -0.2) is 36.1 Å². The molecule has 3 atom stereocenters. The third-order valence-corrected chi connectivity index (χ3v) is 8.13. The number of hydrogen-bond donors (Lipinski definition) is 1. The van der Waals surface area contributed by atoms with E-state index in [2.05, 4.69) is 9.88 Å². The van der Waals surface area contributed by atoms with Crippen LogP contribution in [0.4, 0.5) is 4.39 Å². The average molecular weight is 462 g/mol. The minimum Gasteiger partial charge on any atom is -0.431 e. The van der Waals surface area contributed by atoms with Gasteiger partial charge in [-0.25, -0.2) is 17.9 Å². The number of para-hydroxylation sites is 1. The summed E-state index contributed by atoms with van der Waals surface area (Å²) in [5.41, 5.74) is 1.52. The number of benzene rings is 2. The highest BCUT2D eigenvalue weighted by atomic mass is 32.2. The van der Waals surface area contributed by atoms with Gasteiger partial charge in [-0.05, 0) is 61.4 Å². The fraction of sp³-hybridized carbons (Fsp3) is 0.409. The quantitative estimate of drug-likeness (QED) is 0.593. The summed E-state index contributed by atoms with van der Waals surface area (Å²) >= 11 is 1.32. The molecule has 164 valence electrons. The van der Waals surface area contributed by atoms with Gasteiger partial charge in [-0.15, -0.1) is 0 Å². The maximum absolute atomic E-state index is 13.8. The Hall–Kier alpha value is -2.07. The van der Waals surface area contributed by atoms with Crippen LogP contribution in [-0.2, 0) is 16.6 Å². The summed E-state index contributed by atoms with van der Waals surface area (Å²) in [6.45, 7) is 0.837. The Balaban J connectivity index is 1.23. The van der Waals surface area contributed by atoms with Crippen LogP contribution in [0, 0.1) is 11.7 Å². The summed E-state index contributed by atoms with van der Waals surface area (Å²) < 4.78 is 43.4. The largest absolute Gasteiger partial charge is 0.431 e. The average Bonchev–Trinajstić information content (AvgIpc) is 3.21. The molecule has 2 aromatic carbocycles. The maximum Gasteiger partial charge on any atom is 0.279 e. The van der Waals surface area contributed by atoms with Gasteiger partial charge in [0.05, 0.1) is 10.5 Å². The smallest absolute Gasteiger partial charge is 0.279 e. The molecular weight excluding hydrogens is 437 g/mol. The highest BCUT2D eigenvalue weighted by Crippen LogP contribution is 2.40. The number of rotatable bonds is 6. The first-order valence-corrected chi connectivity index (χ1v) is 13.0. The second-order valence-corrected chi connectivity index (χ2v) is 11.2. The van der Waals surface area contributed by atoms with Gasteiger partial charge in [0.25, 0.3) is 5.19 Å². The lowest BCUT2D eigenvalue weighted by Crippen LogP contribution is -2.44. The van der Waals surface area contributed by atoms with Gasteiger partial charge in [-0.3, -0.25) is 4.90 Å². The minimum atomic E-state index is -3.42. The van der Waals surface area contributed by atoms with Crippen LogP contribution in [0.3, 0.4) is 0 Å². The number of ether oxygens (including phenoxy) is 1. The molecule has 5 rings (SSSR count). The molecule has 2 N–H and O–H groups in total. The van der Waals surface area contributed by atoms with Gasteiger partial charge < -0.3 is 4.74 Å². The Kier molecular flexibility index (Phi) is 5.45. The van der Waals surface area contributed by atoms with Gasteiger partial charge in [0.2, 0.25) is 10.0 Å². The van der Waals surface area contributed by atoms with Crippen molar-refractivity contribution < 1.29 is 17.5 Å². The molecule has 0 amide bonds. The minimum absolute atomic E-state index is 0.0928. The number of primary sulfonamides is 1. The molecule has 2 aliphatic heterocycles. The standard InChI is InChI=1S/C22H24FN3O3S2/c23-19-2-1-3-20-21(19)25-22(30-20)29-18-8-4-14(5-9-18)12-26-16-6-7-17(26)11-15(10-16)13-31(24,27)28/h1-5,8-9,15-17H,6-7,10-13H2,(H2,24,27,28)/t15?,16-,17+. The molecule has 2 bridgehead atoms. The number of sulfonamides is 1. The topological polar surface area (TPSA) is 85.5 Å². The van der Waals surface area contributed by atoms with E-state index in [0.717, 1.165) is 36.9 Å². The van der Waals surface area contributed by atoms with E-state index in [1.807, 2.05) is 30.3 Å². The van der Waals surface area contributed by atoms with Crippen molar-refractivity contribution in [1.82, 2.24) is 9.88 Å².